The van der Waals surface area contributed by atoms with Gasteiger partial charge in [0.1, 0.15) is 9.81 Å². The van der Waals surface area contributed by atoms with E-state index in [1.807, 2.05) is 0 Å². The monoisotopic (exact) mass is 486 g/mol. The molecular formula is C18H14O4S6. The molecule has 28 heavy (non-hydrogen) atoms. The maximum absolute atomic E-state index is 12.3. The molecule has 3 aliphatic heterocycles. The Kier molecular flexibility index (Phi) is 6.74. The number of esters is 2. The van der Waals surface area contributed by atoms with Gasteiger partial charge < -0.3 is 9.47 Å². The van der Waals surface area contributed by atoms with Crippen LogP contribution < -0.4 is 0 Å². The lowest BCUT2D eigenvalue weighted by atomic mass is 10.2. The zero-order valence-corrected chi connectivity index (χ0v) is 19.7. The van der Waals surface area contributed by atoms with E-state index in [2.05, 4.69) is 24.3 Å². The molecule has 0 saturated heterocycles. The quantitative estimate of drug-likeness (QED) is 0.470. The van der Waals surface area contributed by atoms with Gasteiger partial charge in [-0.25, -0.2) is 9.59 Å². The summed E-state index contributed by atoms with van der Waals surface area (Å²) < 4.78 is 13.9. The van der Waals surface area contributed by atoms with Crippen LogP contribution in [0.3, 0.4) is 0 Å². The highest BCUT2D eigenvalue weighted by molar-refractivity contribution is 8.40. The van der Waals surface area contributed by atoms with Crippen LogP contribution in [-0.4, -0.2) is 26.2 Å². The molecule has 6 bridgehead atoms. The van der Waals surface area contributed by atoms with Crippen LogP contribution in [0, 0.1) is 0 Å². The Morgan fingerprint density at radius 3 is 1.64 bits per heavy atom. The predicted molar refractivity (Wildman–Crippen MR) is 125 cm³/mol. The molecule has 0 aromatic heterocycles. The third-order valence-corrected chi connectivity index (χ3v) is 12.4. The number of benzene rings is 1. The van der Waals surface area contributed by atoms with Crippen LogP contribution in [-0.2, 0) is 30.6 Å². The molecule has 0 N–H and O–H groups in total. The summed E-state index contributed by atoms with van der Waals surface area (Å²) in [6.07, 6.45) is 0. The van der Waals surface area contributed by atoms with E-state index in [1.165, 1.54) is 48.9 Å². The number of carbonyl (C=O) groups excluding carboxylic acids is 2. The zero-order chi connectivity index (χ0) is 19.7. The second-order valence-electron chi connectivity index (χ2n) is 5.60. The fourth-order valence-electron chi connectivity index (χ4n) is 2.47. The molecule has 10 heteroatoms. The summed E-state index contributed by atoms with van der Waals surface area (Å²) in [5.74, 6) is 0.947. The van der Waals surface area contributed by atoms with Gasteiger partial charge in [-0.3, -0.25) is 0 Å². The fourth-order valence-corrected chi connectivity index (χ4v) is 10.8. The van der Waals surface area contributed by atoms with E-state index < -0.39 is 0 Å². The van der Waals surface area contributed by atoms with Gasteiger partial charge in [-0.2, -0.15) is 0 Å². The predicted octanol–water partition coefficient (Wildman–Crippen LogP) is 5.94. The molecule has 0 atom stereocenters. The van der Waals surface area contributed by atoms with E-state index in [0.717, 1.165) is 28.5 Å². The van der Waals surface area contributed by atoms with Gasteiger partial charge in [-0.05, 0) is 11.1 Å². The van der Waals surface area contributed by atoms with Crippen LogP contribution in [0.5, 0.6) is 0 Å². The summed E-state index contributed by atoms with van der Waals surface area (Å²) in [7, 11) is 2.81. The lowest BCUT2D eigenvalue weighted by Gasteiger charge is -2.07. The minimum atomic E-state index is -0.319. The van der Waals surface area contributed by atoms with E-state index in [-0.39, 0.29) is 11.9 Å². The minimum absolute atomic E-state index is 0.319. The first-order chi connectivity index (χ1) is 13.6. The number of fused-ring (bicyclic) bond motifs is 6. The summed E-state index contributed by atoms with van der Waals surface area (Å²) >= 11 is 9.33. The van der Waals surface area contributed by atoms with Crippen molar-refractivity contribution in [1.82, 2.24) is 0 Å². The van der Waals surface area contributed by atoms with Crippen molar-refractivity contribution < 1.29 is 19.1 Å². The van der Waals surface area contributed by atoms with Crippen molar-refractivity contribution in [3.8, 4) is 0 Å². The van der Waals surface area contributed by atoms with E-state index in [0.29, 0.717) is 9.81 Å². The van der Waals surface area contributed by atoms with Crippen molar-refractivity contribution in [3.63, 3.8) is 0 Å². The van der Waals surface area contributed by atoms with Gasteiger partial charge >= 0.3 is 11.9 Å². The van der Waals surface area contributed by atoms with E-state index in [4.69, 9.17) is 9.47 Å². The third kappa shape index (κ3) is 4.32. The highest BCUT2D eigenvalue weighted by Crippen LogP contribution is 2.63. The average molecular weight is 487 g/mol. The second-order valence-corrected chi connectivity index (χ2v) is 12.7. The first-order valence-corrected chi connectivity index (χ1v) is 13.3. The Morgan fingerprint density at radius 2 is 1.21 bits per heavy atom. The Labute approximate surface area is 188 Å². The van der Waals surface area contributed by atoms with Crippen LogP contribution >= 0.6 is 70.6 Å². The third-order valence-electron chi connectivity index (χ3n) is 3.77. The molecule has 0 aliphatic carbocycles. The maximum Gasteiger partial charge on any atom is 0.346 e. The Balaban J connectivity index is 1.75. The number of thioether (sulfide) groups is 6. The maximum atomic E-state index is 12.3. The summed E-state index contributed by atoms with van der Waals surface area (Å²) in [6, 6.07) is 8.44. The van der Waals surface area contributed by atoms with Crippen molar-refractivity contribution in [2.75, 3.05) is 14.2 Å². The number of rotatable bonds is 2. The first-order valence-electron chi connectivity index (χ1n) is 8.03. The largest absolute Gasteiger partial charge is 0.465 e. The minimum Gasteiger partial charge on any atom is -0.465 e. The van der Waals surface area contributed by atoms with Crippen molar-refractivity contribution in [2.24, 2.45) is 0 Å². The molecule has 1 aromatic carbocycles. The molecular weight excluding hydrogens is 473 g/mol. The van der Waals surface area contributed by atoms with E-state index in [9.17, 15) is 9.59 Å². The summed E-state index contributed by atoms with van der Waals surface area (Å²) in [5.41, 5.74) is 2.42. The Morgan fingerprint density at radius 1 is 0.750 bits per heavy atom. The molecule has 0 fully saturated rings. The molecule has 0 spiro atoms. The number of methoxy groups -OCH3 is 2. The SMILES string of the molecule is COC(=O)C1=C2SCc3cccc(c3)CSC3=C(C(=O)OC)SC(=C(S2)S1)S3. The number of ether oxygens (including phenoxy) is 2. The Bertz CT molecular complexity index is 878. The van der Waals surface area contributed by atoms with Crippen molar-refractivity contribution >= 4 is 82.5 Å². The molecule has 4 nitrogen and oxygen atoms in total. The van der Waals surface area contributed by atoms with Crippen LogP contribution in [0.4, 0.5) is 0 Å². The second kappa shape index (κ2) is 9.09. The number of hydrogen-bond donors (Lipinski definition) is 0. The van der Waals surface area contributed by atoms with Crippen LogP contribution in [0.25, 0.3) is 0 Å². The molecule has 146 valence electrons. The summed E-state index contributed by atoms with van der Waals surface area (Å²) in [5, 5.41) is 0. The van der Waals surface area contributed by atoms with Gasteiger partial charge in [-0.15, -0.1) is 23.5 Å². The van der Waals surface area contributed by atoms with Gasteiger partial charge in [0.25, 0.3) is 0 Å². The van der Waals surface area contributed by atoms with E-state index >= 15 is 0 Å². The number of carbonyl (C=O) groups is 2. The fraction of sp³-hybridized carbons (Fsp3) is 0.222. The Hall–Kier alpha value is -0.520. The lowest BCUT2D eigenvalue weighted by Crippen LogP contribution is -2.01. The smallest absolute Gasteiger partial charge is 0.346 e. The normalized spacial score (nSPS) is 19.2. The van der Waals surface area contributed by atoms with Crippen molar-refractivity contribution in [3.05, 3.63) is 62.2 Å². The van der Waals surface area contributed by atoms with Gasteiger partial charge in [0.05, 0.1) is 31.2 Å². The standard InChI is InChI=1S/C18H14O4S6/c1-21-13(19)11-15-23-7-9-4-3-5-10(6-9)8-24-16-12(14(20)22-2)26-18(28-16)17(25-11)27-15/h3-6H,7-8H2,1-2H3. The van der Waals surface area contributed by atoms with Gasteiger partial charge in [0.2, 0.25) is 0 Å². The average Bonchev–Trinajstić information content (AvgIpc) is 3.33. The molecule has 1 aromatic rings. The summed E-state index contributed by atoms with van der Waals surface area (Å²) in [6.45, 7) is 0. The van der Waals surface area contributed by atoms with Crippen molar-refractivity contribution in [1.29, 1.82) is 0 Å². The highest BCUT2D eigenvalue weighted by atomic mass is 32.2. The highest BCUT2D eigenvalue weighted by Gasteiger charge is 2.35. The van der Waals surface area contributed by atoms with Gasteiger partial charge in [0, 0.05) is 11.5 Å². The first kappa shape index (κ1) is 20.7. The van der Waals surface area contributed by atoms with Gasteiger partial charge in [-0.1, -0.05) is 71.3 Å². The van der Waals surface area contributed by atoms with Crippen LogP contribution in [0.2, 0.25) is 0 Å². The van der Waals surface area contributed by atoms with Crippen LogP contribution in [0.1, 0.15) is 11.1 Å². The molecule has 0 saturated carbocycles. The van der Waals surface area contributed by atoms with Crippen molar-refractivity contribution in [2.45, 2.75) is 11.5 Å². The molecule has 0 unspecified atom stereocenters. The number of hydrogen-bond acceptors (Lipinski definition) is 10. The molecule has 0 radical (unpaired) electrons. The topological polar surface area (TPSA) is 52.6 Å². The molecule has 3 aliphatic rings. The van der Waals surface area contributed by atoms with Crippen LogP contribution in [0.15, 0.2) is 51.0 Å². The van der Waals surface area contributed by atoms with Gasteiger partial charge in [0.15, 0.2) is 0 Å². The van der Waals surface area contributed by atoms with E-state index in [1.54, 1.807) is 47.0 Å². The molecule has 0 amide bonds. The summed E-state index contributed by atoms with van der Waals surface area (Å²) in [4.78, 5) is 25.8. The lowest BCUT2D eigenvalue weighted by molar-refractivity contribution is -0.136. The molecule has 4 rings (SSSR count). The zero-order valence-electron chi connectivity index (χ0n) is 14.8. The molecule has 3 heterocycles.